The fourth-order valence-corrected chi connectivity index (χ4v) is 5.04. The van der Waals surface area contributed by atoms with Crippen molar-refractivity contribution in [2.45, 2.75) is 25.7 Å². The number of fused-ring (bicyclic) bond motifs is 2. The van der Waals surface area contributed by atoms with Crippen LogP contribution in [0.25, 0.3) is 16.9 Å². The summed E-state index contributed by atoms with van der Waals surface area (Å²) >= 11 is 0. The molecule has 6 rings (SSSR count). The summed E-state index contributed by atoms with van der Waals surface area (Å²) in [4.78, 5) is 9.68. The molecule has 2 aromatic carbocycles. The van der Waals surface area contributed by atoms with E-state index in [-0.39, 0.29) is 11.6 Å². The number of hydrogen-bond acceptors (Lipinski definition) is 4. The smallest absolute Gasteiger partial charge is 0.158 e. The summed E-state index contributed by atoms with van der Waals surface area (Å²) in [6, 6.07) is 15.2. The van der Waals surface area contributed by atoms with Crippen LogP contribution in [0.15, 0.2) is 54.6 Å². The van der Waals surface area contributed by atoms with Crippen LogP contribution in [0.1, 0.15) is 24.1 Å². The van der Waals surface area contributed by atoms with Crippen molar-refractivity contribution in [3.8, 4) is 11.3 Å². The molecular formula is C26H25F2N5. The molecule has 0 bridgehead atoms. The summed E-state index contributed by atoms with van der Waals surface area (Å²) in [7, 11) is 0. The first-order chi connectivity index (χ1) is 16.2. The Balaban J connectivity index is 1.37. The Morgan fingerprint density at radius 2 is 1.36 bits per heavy atom. The van der Waals surface area contributed by atoms with Crippen LogP contribution in [0.4, 0.5) is 20.3 Å². The van der Waals surface area contributed by atoms with E-state index in [4.69, 9.17) is 10.1 Å². The van der Waals surface area contributed by atoms with E-state index in [2.05, 4.69) is 9.80 Å². The molecule has 5 nitrogen and oxygen atoms in total. The van der Waals surface area contributed by atoms with Crippen molar-refractivity contribution in [1.29, 1.82) is 0 Å². The number of hydrogen-bond donors (Lipinski definition) is 0. The number of aryl methyl sites for hydroxylation is 1. The molecule has 7 heteroatoms. The van der Waals surface area contributed by atoms with E-state index in [1.54, 1.807) is 12.1 Å². The first kappa shape index (κ1) is 20.1. The third-order valence-corrected chi connectivity index (χ3v) is 6.76. The lowest BCUT2D eigenvalue weighted by atomic mass is 9.96. The van der Waals surface area contributed by atoms with Crippen molar-refractivity contribution in [2.24, 2.45) is 0 Å². The highest BCUT2D eigenvalue weighted by atomic mass is 19.1. The molecule has 0 radical (unpaired) electrons. The molecule has 4 aromatic rings. The highest BCUT2D eigenvalue weighted by Crippen LogP contribution is 2.33. The zero-order chi connectivity index (χ0) is 22.4. The van der Waals surface area contributed by atoms with Gasteiger partial charge in [-0.2, -0.15) is 9.61 Å². The maximum absolute atomic E-state index is 13.4. The lowest BCUT2D eigenvalue weighted by Gasteiger charge is -2.38. The highest BCUT2D eigenvalue weighted by molar-refractivity contribution is 5.68. The van der Waals surface area contributed by atoms with Gasteiger partial charge in [0.2, 0.25) is 0 Å². The van der Waals surface area contributed by atoms with Crippen LogP contribution in [-0.2, 0) is 12.8 Å². The Kier molecular flexibility index (Phi) is 4.97. The minimum atomic E-state index is -0.254. The maximum atomic E-state index is 13.4. The molecule has 0 saturated carbocycles. The van der Waals surface area contributed by atoms with Crippen LogP contribution < -0.4 is 9.80 Å². The molecule has 33 heavy (non-hydrogen) atoms. The second kappa shape index (κ2) is 8.14. The summed E-state index contributed by atoms with van der Waals surface area (Å²) in [5.41, 5.74) is 6.05. The van der Waals surface area contributed by atoms with Crippen LogP contribution >= 0.6 is 0 Å². The summed E-state index contributed by atoms with van der Waals surface area (Å²) in [5, 5.41) is 4.92. The summed E-state index contributed by atoms with van der Waals surface area (Å²) < 4.78 is 28.7. The number of nitrogens with zero attached hydrogens (tertiary/aromatic N) is 5. The van der Waals surface area contributed by atoms with E-state index >= 15 is 0 Å². The molecule has 0 N–H and O–H groups in total. The molecular weight excluding hydrogens is 420 g/mol. The monoisotopic (exact) mass is 445 g/mol. The number of halogens is 2. The normalized spacial score (nSPS) is 16.3. The minimum absolute atomic E-state index is 0.209. The largest absolute Gasteiger partial charge is 0.368 e. The maximum Gasteiger partial charge on any atom is 0.158 e. The summed E-state index contributed by atoms with van der Waals surface area (Å²) in [6.45, 7) is 3.43. The molecule has 2 aromatic heterocycles. The fraction of sp³-hybridized carbons (Fsp3) is 0.308. The van der Waals surface area contributed by atoms with E-state index in [0.717, 1.165) is 80.3 Å². The van der Waals surface area contributed by atoms with Crippen LogP contribution in [0.5, 0.6) is 0 Å². The van der Waals surface area contributed by atoms with E-state index in [0.29, 0.717) is 0 Å². The van der Waals surface area contributed by atoms with Gasteiger partial charge in [0, 0.05) is 54.8 Å². The van der Waals surface area contributed by atoms with Gasteiger partial charge in [-0.05, 0) is 74.2 Å². The third-order valence-electron chi connectivity index (χ3n) is 6.76. The molecule has 2 aliphatic rings. The molecule has 0 amide bonds. The van der Waals surface area contributed by atoms with E-state index in [1.807, 2.05) is 22.7 Å². The first-order valence-corrected chi connectivity index (χ1v) is 11.6. The SMILES string of the molecule is Fc1ccc(-c2cc3nc4c(c(N5CCN(c6ccc(F)cc6)CC5)n3n2)CCCC4)cc1. The zero-order valence-corrected chi connectivity index (χ0v) is 18.3. The molecule has 0 spiro atoms. The number of aromatic nitrogens is 3. The molecule has 3 heterocycles. The Morgan fingerprint density at radius 3 is 2.09 bits per heavy atom. The molecule has 1 aliphatic carbocycles. The quantitative estimate of drug-likeness (QED) is 0.450. The molecule has 168 valence electrons. The van der Waals surface area contributed by atoms with Gasteiger partial charge in [0.25, 0.3) is 0 Å². The van der Waals surface area contributed by atoms with Gasteiger partial charge in [0.1, 0.15) is 17.5 Å². The van der Waals surface area contributed by atoms with Crippen molar-refractivity contribution < 1.29 is 8.78 Å². The summed E-state index contributed by atoms with van der Waals surface area (Å²) in [6.07, 6.45) is 4.32. The van der Waals surface area contributed by atoms with E-state index < -0.39 is 0 Å². The Hall–Kier alpha value is -3.48. The fourth-order valence-electron chi connectivity index (χ4n) is 5.04. The van der Waals surface area contributed by atoms with Gasteiger partial charge in [-0.1, -0.05) is 0 Å². The molecule has 1 fully saturated rings. The molecule has 0 atom stereocenters. The number of rotatable bonds is 3. The molecule has 1 saturated heterocycles. The lowest BCUT2D eigenvalue weighted by Crippen LogP contribution is -2.47. The highest BCUT2D eigenvalue weighted by Gasteiger charge is 2.26. The van der Waals surface area contributed by atoms with Crippen molar-refractivity contribution in [3.05, 3.63) is 77.5 Å². The van der Waals surface area contributed by atoms with Gasteiger partial charge in [-0.15, -0.1) is 0 Å². The topological polar surface area (TPSA) is 36.7 Å². The van der Waals surface area contributed by atoms with Crippen molar-refractivity contribution in [3.63, 3.8) is 0 Å². The predicted molar refractivity (Wildman–Crippen MR) is 126 cm³/mol. The number of anilines is 2. The summed E-state index contributed by atoms with van der Waals surface area (Å²) in [5.74, 6) is 0.677. The van der Waals surface area contributed by atoms with Crippen molar-refractivity contribution in [1.82, 2.24) is 14.6 Å². The van der Waals surface area contributed by atoms with Gasteiger partial charge in [0.05, 0.1) is 5.69 Å². The van der Waals surface area contributed by atoms with Gasteiger partial charge in [-0.3, -0.25) is 0 Å². The third kappa shape index (κ3) is 3.71. The predicted octanol–water partition coefficient (Wildman–Crippen LogP) is 4.88. The Bertz CT molecular complexity index is 1290. The average Bonchev–Trinajstić information content (AvgIpc) is 3.27. The van der Waals surface area contributed by atoms with Crippen LogP contribution in [0.3, 0.4) is 0 Å². The van der Waals surface area contributed by atoms with Crippen LogP contribution in [-0.4, -0.2) is 40.8 Å². The van der Waals surface area contributed by atoms with Crippen LogP contribution in [0.2, 0.25) is 0 Å². The standard InChI is InChI=1S/C26H25F2N5/c27-19-7-5-18(6-8-19)24-17-25-29-23-4-2-1-3-22(23)26(33(25)30-24)32-15-13-31(14-16-32)21-11-9-20(28)10-12-21/h5-12,17H,1-4,13-16H2. The first-order valence-electron chi connectivity index (χ1n) is 11.6. The van der Waals surface area contributed by atoms with E-state index in [9.17, 15) is 8.78 Å². The van der Waals surface area contributed by atoms with Gasteiger partial charge in [-0.25, -0.2) is 13.8 Å². The minimum Gasteiger partial charge on any atom is -0.368 e. The Labute approximate surface area is 191 Å². The average molecular weight is 446 g/mol. The second-order valence-electron chi connectivity index (χ2n) is 8.82. The second-order valence-corrected chi connectivity index (χ2v) is 8.82. The molecule has 1 aliphatic heterocycles. The van der Waals surface area contributed by atoms with Gasteiger partial charge >= 0.3 is 0 Å². The zero-order valence-electron chi connectivity index (χ0n) is 18.3. The molecule has 0 unspecified atom stereocenters. The van der Waals surface area contributed by atoms with Gasteiger partial charge in [0.15, 0.2) is 5.65 Å². The van der Waals surface area contributed by atoms with Crippen molar-refractivity contribution >= 4 is 17.2 Å². The van der Waals surface area contributed by atoms with E-state index in [1.165, 1.54) is 35.5 Å². The van der Waals surface area contributed by atoms with Crippen LogP contribution in [0, 0.1) is 11.6 Å². The Morgan fingerprint density at radius 1 is 0.727 bits per heavy atom. The van der Waals surface area contributed by atoms with Crippen molar-refractivity contribution in [2.75, 3.05) is 36.0 Å². The van der Waals surface area contributed by atoms with Gasteiger partial charge < -0.3 is 9.80 Å². The lowest BCUT2D eigenvalue weighted by molar-refractivity contribution is 0.612. The number of piperazine rings is 1. The number of benzene rings is 2.